The molecule has 0 N–H and O–H groups in total. The summed E-state index contributed by atoms with van der Waals surface area (Å²) < 4.78 is 5.22. The number of carbonyl (C=O) groups is 2. The van der Waals surface area contributed by atoms with E-state index in [9.17, 15) is 9.59 Å². The maximum Gasteiger partial charge on any atom is 0.310 e. The zero-order chi connectivity index (χ0) is 18.1. The van der Waals surface area contributed by atoms with E-state index in [0.717, 1.165) is 44.1 Å². The fourth-order valence-corrected chi connectivity index (χ4v) is 5.76. The summed E-state index contributed by atoms with van der Waals surface area (Å²) in [5.41, 5.74) is 3.76. The number of rotatable bonds is 3. The van der Waals surface area contributed by atoms with E-state index in [1.54, 1.807) is 0 Å². The van der Waals surface area contributed by atoms with E-state index in [-0.39, 0.29) is 35.4 Å². The zero-order valence-corrected chi connectivity index (χ0v) is 15.6. The Balaban J connectivity index is 1.82. The Morgan fingerprint density at radius 1 is 0.846 bits per heavy atom. The van der Waals surface area contributed by atoms with Gasteiger partial charge in [0.25, 0.3) is 0 Å². The molecule has 0 heterocycles. The maximum atomic E-state index is 13.5. The van der Waals surface area contributed by atoms with Crippen molar-refractivity contribution in [2.24, 2.45) is 23.7 Å². The topological polar surface area (TPSA) is 43.4 Å². The Kier molecular flexibility index (Phi) is 4.97. The zero-order valence-electron chi connectivity index (χ0n) is 15.6. The van der Waals surface area contributed by atoms with Gasteiger partial charge in [0.15, 0.2) is 5.78 Å². The summed E-state index contributed by atoms with van der Waals surface area (Å²) in [5, 5.41) is 0. The Labute approximate surface area is 155 Å². The van der Waals surface area contributed by atoms with Gasteiger partial charge in [0.05, 0.1) is 13.0 Å². The number of Topliss-reactive ketones (excluding diaryl/α,β-unsaturated/α-hetero) is 1. The lowest BCUT2D eigenvalue weighted by atomic mass is 9.56. The van der Waals surface area contributed by atoms with Gasteiger partial charge in [-0.3, -0.25) is 9.59 Å². The molecule has 3 aliphatic carbocycles. The lowest BCUT2D eigenvalue weighted by Crippen LogP contribution is -2.47. The van der Waals surface area contributed by atoms with E-state index < -0.39 is 0 Å². The Bertz CT molecular complexity index is 718. The summed E-state index contributed by atoms with van der Waals surface area (Å²) in [5.74, 6) is -0.187. The minimum absolute atomic E-state index is 0.134. The average Bonchev–Trinajstić information content (AvgIpc) is 2.72. The molecule has 0 radical (unpaired) electrons. The van der Waals surface area contributed by atoms with E-state index in [1.165, 1.54) is 31.1 Å². The highest BCUT2D eigenvalue weighted by atomic mass is 16.5. The second kappa shape index (κ2) is 7.38. The molecule has 4 rings (SSSR count). The summed E-state index contributed by atoms with van der Waals surface area (Å²) in [4.78, 5) is 26.4. The fraction of sp³-hybridized carbons (Fsp3) is 0.565. The van der Waals surface area contributed by atoms with Gasteiger partial charge in [-0.1, -0.05) is 54.3 Å². The molecule has 4 atom stereocenters. The number of ether oxygens (including phenoxy) is 1. The van der Waals surface area contributed by atoms with Crippen molar-refractivity contribution in [2.45, 2.75) is 51.4 Å². The van der Waals surface area contributed by atoms with Crippen molar-refractivity contribution < 1.29 is 14.3 Å². The predicted molar refractivity (Wildman–Crippen MR) is 101 cm³/mol. The molecule has 0 bridgehead atoms. The van der Waals surface area contributed by atoms with Crippen LogP contribution in [0.15, 0.2) is 41.5 Å². The number of allylic oxidation sites excluding steroid dienone is 2. The van der Waals surface area contributed by atoms with Gasteiger partial charge in [-0.2, -0.15) is 0 Å². The summed E-state index contributed by atoms with van der Waals surface area (Å²) in [6.45, 7) is 0. The molecule has 26 heavy (non-hydrogen) atoms. The van der Waals surface area contributed by atoms with Crippen LogP contribution in [0, 0.1) is 23.7 Å². The van der Waals surface area contributed by atoms with Crippen LogP contribution >= 0.6 is 0 Å². The highest BCUT2D eigenvalue weighted by Crippen LogP contribution is 2.53. The number of hydrogen-bond donors (Lipinski definition) is 0. The van der Waals surface area contributed by atoms with Crippen LogP contribution in [0.4, 0.5) is 0 Å². The number of fused-ring (bicyclic) bond motifs is 2. The molecule has 3 heteroatoms. The number of carbonyl (C=O) groups excluding carboxylic acids is 2. The summed E-state index contributed by atoms with van der Waals surface area (Å²) >= 11 is 0. The van der Waals surface area contributed by atoms with Crippen molar-refractivity contribution in [1.82, 2.24) is 0 Å². The van der Waals surface area contributed by atoms with E-state index in [2.05, 4.69) is 0 Å². The largest absolute Gasteiger partial charge is 0.469 e. The second-order valence-electron chi connectivity index (χ2n) is 8.06. The van der Waals surface area contributed by atoms with E-state index >= 15 is 0 Å². The number of methoxy groups -OCH3 is 1. The van der Waals surface area contributed by atoms with Crippen molar-refractivity contribution in [1.29, 1.82) is 0 Å². The van der Waals surface area contributed by atoms with Gasteiger partial charge < -0.3 is 4.74 Å². The van der Waals surface area contributed by atoms with E-state index in [0.29, 0.717) is 0 Å². The van der Waals surface area contributed by atoms with Crippen LogP contribution in [-0.2, 0) is 9.53 Å². The Hall–Kier alpha value is -1.90. The van der Waals surface area contributed by atoms with Crippen LogP contribution < -0.4 is 0 Å². The Morgan fingerprint density at radius 2 is 1.42 bits per heavy atom. The first-order chi connectivity index (χ1) is 12.7. The standard InChI is InChI=1S/C23H28O3/c1-26-23(25)21-19-14-8-6-12-17(19)16-11-5-7-13-18(16)20(21)22(24)15-9-3-2-4-10-15/h2-4,9-10,18-21H,5-8,11-14H2,1H3/t18-,19-,20-,21-/m0/s1. The van der Waals surface area contributed by atoms with Crippen LogP contribution in [0.2, 0.25) is 0 Å². The molecule has 0 aromatic heterocycles. The lowest BCUT2D eigenvalue weighted by molar-refractivity contribution is -0.150. The number of hydrogen-bond acceptors (Lipinski definition) is 3. The first kappa shape index (κ1) is 17.5. The van der Waals surface area contributed by atoms with Crippen LogP contribution in [0.25, 0.3) is 0 Å². The minimum atomic E-state index is -0.310. The third kappa shape index (κ3) is 2.91. The second-order valence-corrected chi connectivity index (χ2v) is 8.06. The molecule has 2 saturated carbocycles. The van der Waals surface area contributed by atoms with Gasteiger partial charge >= 0.3 is 5.97 Å². The molecule has 0 amide bonds. The summed E-state index contributed by atoms with van der Waals surface area (Å²) in [6.07, 6.45) is 9.00. The lowest BCUT2D eigenvalue weighted by Gasteiger charge is -2.47. The van der Waals surface area contributed by atoms with E-state index in [1.807, 2.05) is 30.3 Å². The molecular weight excluding hydrogens is 324 g/mol. The maximum absolute atomic E-state index is 13.5. The molecule has 0 aliphatic heterocycles. The SMILES string of the molecule is COC(=O)[C@@H]1[C@@H](C(=O)c2ccccc2)[C@H]2CCCCC2=C2CCCC[C@@H]21. The van der Waals surface area contributed by atoms with Crippen molar-refractivity contribution in [3.05, 3.63) is 47.0 Å². The van der Waals surface area contributed by atoms with Crippen molar-refractivity contribution in [3.8, 4) is 0 Å². The highest BCUT2D eigenvalue weighted by Gasteiger charge is 2.51. The summed E-state index contributed by atoms with van der Waals surface area (Å²) in [7, 11) is 1.47. The van der Waals surface area contributed by atoms with Crippen molar-refractivity contribution in [3.63, 3.8) is 0 Å². The first-order valence-electron chi connectivity index (χ1n) is 10.1. The number of benzene rings is 1. The van der Waals surface area contributed by atoms with Gasteiger partial charge in [-0.25, -0.2) is 0 Å². The van der Waals surface area contributed by atoms with Crippen LogP contribution in [0.5, 0.6) is 0 Å². The third-order valence-corrected chi connectivity index (χ3v) is 6.82. The fourth-order valence-electron chi connectivity index (χ4n) is 5.76. The number of esters is 1. The normalized spacial score (nSPS) is 31.0. The van der Waals surface area contributed by atoms with Gasteiger partial charge in [0.2, 0.25) is 0 Å². The predicted octanol–water partition coefficient (Wildman–Crippen LogP) is 4.97. The molecule has 3 nitrogen and oxygen atoms in total. The first-order valence-corrected chi connectivity index (χ1v) is 10.1. The van der Waals surface area contributed by atoms with Crippen molar-refractivity contribution >= 4 is 11.8 Å². The minimum Gasteiger partial charge on any atom is -0.469 e. The molecule has 1 aromatic carbocycles. The highest BCUT2D eigenvalue weighted by molar-refractivity contribution is 6.00. The smallest absolute Gasteiger partial charge is 0.310 e. The third-order valence-electron chi connectivity index (χ3n) is 6.82. The molecule has 138 valence electrons. The van der Waals surface area contributed by atoms with Crippen LogP contribution in [-0.4, -0.2) is 18.9 Å². The van der Waals surface area contributed by atoms with Crippen molar-refractivity contribution in [2.75, 3.05) is 7.11 Å². The van der Waals surface area contributed by atoms with E-state index in [4.69, 9.17) is 4.74 Å². The van der Waals surface area contributed by atoms with Gasteiger partial charge in [-0.05, 0) is 50.4 Å². The van der Waals surface area contributed by atoms with Gasteiger partial charge in [0, 0.05) is 11.5 Å². The quantitative estimate of drug-likeness (QED) is 0.438. The Morgan fingerprint density at radius 3 is 2.00 bits per heavy atom. The monoisotopic (exact) mass is 352 g/mol. The molecule has 0 spiro atoms. The molecule has 0 unspecified atom stereocenters. The molecule has 3 aliphatic rings. The molecule has 1 aromatic rings. The molecule has 2 fully saturated rings. The van der Waals surface area contributed by atoms with Crippen LogP contribution in [0.1, 0.15) is 61.7 Å². The van der Waals surface area contributed by atoms with Crippen LogP contribution in [0.3, 0.4) is 0 Å². The van der Waals surface area contributed by atoms with Gasteiger partial charge in [-0.15, -0.1) is 0 Å². The van der Waals surface area contributed by atoms with Gasteiger partial charge in [0.1, 0.15) is 0 Å². The summed E-state index contributed by atoms with van der Waals surface area (Å²) in [6, 6.07) is 9.53. The molecular formula is C23H28O3. The average molecular weight is 352 g/mol. The molecule has 0 saturated heterocycles. The number of ketones is 1.